The number of ether oxygens (including phenoxy) is 2. The fraction of sp³-hybridized carbons (Fsp3) is 0.375. The number of carbonyl (C=O) groups is 2. The number of phenols is 1. The van der Waals surface area contributed by atoms with E-state index >= 15 is 0 Å². The Bertz CT molecular complexity index is 1360. The number of hydrogen-bond donors (Lipinski definition) is 2. The molecule has 5 aliphatic rings. The summed E-state index contributed by atoms with van der Waals surface area (Å²) in [5, 5.41) is 13.1. The Morgan fingerprint density at radius 2 is 1.69 bits per heavy atom. The van der Waals surface area contributed by atoms with Gasteiger partial charge in [-0.25, -0.2) is 0 Å². The average molecular weight is 527 g/mol. The van der Waals surface area contributed by atoms with Gasteiger partial charge in [-0.3, -0.25) is 9.59 Å². The summed E-state index contributed by atoms with van der Waals surface area (Å²) in [5.74, 6) is 2.12. The van der Waals surface area contributed by atoms with E-state index in [1.807, 2.05) is 24.3 Å². The third-order valence-corrected chi connectivity index (χ3v) is 8.12. The number of nitrogens with one attached hydrogen (secondary N) is 1. The summed E-state index contributed by atoms with van der Waals surface area (Å²) in [4.78, 5) is 28.4. The van der Waals surface area contributed by atoms with E-state index in [4.69, 9.17) is 9.47 Å². The van der Waals surface area contributed by atoms with Gasteiger partial charge in [-0.1, -0.05) is 31.0 Å². The molecule has 4 heterocycles. The molecule has 2 amide bonds. The van der Waals surface area contributed by atoms with Crippen molar-refractivity contribution >= 4 is 11.8 Å². The molecule has 0 spiro atoms. The van der Waals surface area contributed by atoms with Gasteiger partial charge in [0.15, 0.2) is 0 Å². The Labute approximate surface area is 228 Å². The largest absolute Gasteiger partial charge is 0.507 e. The van der Waals surface area contributed by atoms with Crippen LogP contribution in [0.2, 0.25) is 0 Å². The number of phenolic OH excluding ortho intramolecular Hbond substituents is 1. The van der Waals surface area contributed by atoms with Crippen LogP contribution < -0.4 is 14.8 Å². The summed E-state index contributed by atoms with van der Waals surface area (Å²) < 4.78 is 12.1. The highest BCUT2D eigenvalue weighted by Gasteiger charge is 2.33. The summed E-state index contributed by atoms with van der Waals surface area (Å²) in [6, 6.07) is 18.5. The van der Waals surface area contributed by atoms with Crippen molar-refractivity contribution in [1.82, 2.24) is 10.2 Å². The van der Waals surface area contributed by atoms with E-state index in [0.29, 0.717) is 50.0 Å². The standard InChI is InChI=1S/C32H34N2O5/c35-29-13-11-26-20-28(29)32(37)33-15-3-17-38-24-8-6-22(7-9-24)31-27-12-10-25(39-26)19-23(27)14-16-34(31)30(36)18-21-4-1-2-5-21/h6-13,19-21,31,35H,1-5,14-18H2,(H,33,37). The first-order chi connectivity index (χ1) is 19.0. The van der Waals surface area contributed by atoms with Crippen LogP contribution in [0, 0.1) is 5.92 Å². The maximum atomic E-state index is 13.6. The van der Waals surface area contributed by atoms with E-state index in [1.165, 1.54) is 18.9 Å². The molecule has 1 atom stereocenters. The van der Waals surface area contributed by atoms with Crippen molar-refractivity contribution in [3.8, 4) is 23.0 Å². The average Bonchev–Trinajstić information content (AvgIpc) is 3.46. The van der Waals surface area contributed by atoms with Gasteiger partial charge >= 0.3 is 0 Å². The Balaban J connectivity index is 1.36. The van der Waals surface area contributed by atoms with Crippen molar-refractivity contribution in [3.05, 3.63) is 82.9 Å². The second-order valence-corrected chi connectivity index (χ2v) is 10.8. The lowest BCUT2D eigenvalue weighted by Gasteiger charge is -2.38. The van der Waals surface area contributed by atoms with Crippen molar-refractivity contribution in [2.24, 2.45) is 5.92 Å². The first-order valence-electron chi connectivity index (χ1n) is 14.0. The highest BCUT2D eigenvalue weighted by Crippen LogP contribution is 2.40. The predicted octanol–water partition coefficient (Wildman–Crippen LogP) is 5.75. The lowest BCUT2D eigenvalue weighted by molar-refractivity contribution is -0.134. The van der Waals surface area contributed by atoms with Crippen LogP contribution in [0.5, 0.6) is 23.0 Å². The molecule has 3 aromatic rings. The molecule has 0 saturated heterocycles. The van der Waals surface area contributed by atoms with Crippen molar-refractivity contribution in [2.45, 2.75) is 51.0 Å². The third-order valence-electron chi connectivity index (χ3n) is 8.12. The molecule has 0 aromatic heterocycles. The van der Waals surface area contributed by atoms with Gasteiger partial charge < -0.3 is 24.8 Å². The van der Waals surface area contributed by atoms with Crippen molar-refractivity contribution < 1.29 is 24.2 Å². The predicted molar refractivity (Wildman–Crippen MR) is 147 cm³/mol. The molecule has 39 heavy (non-hydrogen) atoms. The van der Waals surface area contributed by atoms with Crippen LogP contribution in [0.4, 0.5) is 0 Å². The second-order valence-electron chi connectivity index (χ2n) is 10.8. The maximum absolute atomic E-state index is 13.6. The molecule has 8 bridgehead atoms. The van der Waals surface area contributed by atoms with Crippen LogP contribution >= 0.6 is 0 Å². The van der Waals surface area contributed by atoms with E-state index in [0.717, 1.165) is 41.7 Å². The maximum Gasteiger partial charge on any atom is 0.255 e. The van der Waals surface area contributed by atoms with Gasteiger partial charge in [0, 0.05) is 19.5 Å². The van der Waals surface area contributed by atoms with Gasteiger partial charge in [0.1, 0.15) is 23.0 Å². The van der Waals surface area contributed by atoms with E-state index in [-0.39, 0.29) is 29.2 Å². The lowest BCUT2D eigenvalue weighted by Crippen LogP contribution is -2.41. The third kappa shape index (κ3) is 5.44. The van der Waals surface area contributed by atoms with E-state index in [2.05, 4.69) is 28.4 Å². The van der Waals surface area contributed by atoms with Crippen LogP contribution in [-0.2, 0) is 11.2 Å². The fourth-order valence-electron chi connectivity index (χ4n) is 6.08. The Hall–Kier alpha value is -4.00. The van der Waals surface area contributed by atoms with Gasteiger partial charge in [0.05, 0.1) is 18.2 Å². The molecular formula is C32H34N2O5. The zero-order valence-electron chi connectivity index (χ0n) is 22.0. The minimum Gasteiger partial charge on any atom is -0.507 e. The van der Waals surface area contributed by atoms with Crippen LogP contribution in [0.15, 0.2) is 60.7 Å². The minimum absolute atomic E-state index is 0.0995. The molecule has 2 N–H and O–H groups in total. The first kappa shape index (κ1) is 25.3. The van der Waals surface area contributed by atoms with Crippen molar-refractivity contribution in [2.75, 3.05) is 19.7 Å². The molecule has 7 heteroatoms. The fourth-order valence-corrected chi connectivity index (χ4v) is 6.08. The summed E-state index contributed by atoms with van der Waals surface area (Å²) >= 11 is 0. The molecule has 8 rings (SSSR count). The Morgan fingerprint density at radius 1 is 0.949 bits per heavy atom. The first-order valence-corrected chi connectivity index (χ1v) is 14.0. The summed E-state index contributed by atoms with van der Waals surface area (Å²) in [6.45, 7) is 1.50. The van der Waals surface area contributed by atoms with E-state index in [9.17, 15) is 14.7 Å². The van der Waals surface area contributed by atoms with E-state index < -0.39 is 0 Å². The van der Waals surface area contributed by atoms with Crippen LogP contribution in [0.25, 0.3) is 0 Å². The van der Waals surface area contributed by atoms with Crippen LogP contribution in [0.3, 0.4) is 0 Å². The number of carbonyl (C=O) groups excluding carboxylic acids is 2. The monoisotopic (exact) mass is 526 g/mol. The molecule has 0 radical (unpaired) electrons. The Kier molecular flexibility index (Phi) is 7.14. The molecule has 4 aliphatic heterocycles. The minimum atomic E-state index is -0.365. The van der Waals surface area contributed by atoms with Gasteiger partial charge in [-0.05, 0) is 90.8 Å². The molecule has 1 saturated carbocycles. The Morgan fingerprint density at radius 3 is 2.51 bits per heavy atom. The van der Waals surface area contributed by atoms with E-state index in [1.54, 1.807) is 12.1 Å². The molecule has 7 nitrogen and oxygen atoms in total. The van der Waals surface area contributed by atoms with Gasteiger partial charge in [-0.2, -0.15) is 0 Å². The molecule has 1 unspecified atom stereocenters. The van der Waals surface area contributed by atoms with Crippen molar-refractivity contribution in [1.29, 1.82) is 0 Å². The van der Waals surface area contributed by atoms with Gasteiger partial charge in [0.25, 0.3) is 5.91 Å². The number of amides is 2. The zero-order valence-corrected chi connectivity index (χ0v) is 22.0. The SMILES string of the molecule is O=C1NCCCOc2ccc(cc2)C2c3ccc(cc3CCN2C(=O)CC2CCCC2)Oc2ccc(O)c1c2. The number of rotatable bonds is 2. The summed E-state index contributed by atoms with van der Waals surface area (Å²) in [5.41, 5.74) is 3.46. The summed E-state index contributed by atoms with van der Waals surface area (Å²) in [6.07, 6.45) is 6.71. The lowest BCUT2D eigenvalue weighted by atomic mass is 9.87. The highest BCUT2D eigenvalue weighted by molar-refractivity contribution is 5.97. The molecule has 1 aliphatic carbocycles. The number of aromatic hydroxyl groups is 1. The second kappa shape index (κ2) is 11.0. The van der Waals surface area contributed by atoms with Crippen LogP contribution in [0.1, 0.15) is 71.6 Å². The zero-order chi connectivity index (χ0) is 26.8. The molecule has 202 valence electrons. The molecule has 1 fully saturated rings. The molecule has 3 aromatic carbocycles. The quantitative estimate of drug-likeness (QED) is 0.444. The summed E-state index contributed by atoms with van der Waals surface area (Å²) in [7, 11) is 0. The van der Waals surface area contributed by atoms with Crippen molar-refractivity contribution in [3.63, 3.8) is 0 Å². The number of benzene rings is 3. The highest BCUT2D eigenvalue weighted by atomic mass is 16.5. The molecular weight excluding hydrogens is 492 g/mol. The smallest absolute Gasteiger partial charge is 0.255 e. The number of nitrogens with zero attached hydrogens (tertiary/aromatic N) is 1. The van der Waals surface area contributed by atoms with Crippen LogP contribution in [-0.4, -0.2) is 41.5 Å². The normalized spacial score (nSPS) is 19.4. The topological polar surface area (TPSA) is 88.1 Å². The van der Waals surface area contributed by atoms with Gasteiger partial charge in [0.2, 0.25) is 5.91 Å². The van der Waals surface area contributed by atoms with Gasteiger partial charge in [-0.15, -0.1) is 0 Å². The number of fused-ring (bicyclic) bond motifs is 1. The number of hydrogen-bond acceptors (Lipinski definition) is 5.